The zero-order valence-electron chi connectivity index (χ0n) is 13.3. The maximum absolute atomic E-state index is 12.3. The first-order valence-electron chi connectivity index (χ1n) is 7.61. The number of carbonyl (C=O) groups excluding carboxylic acids is 1. The van der Waals surface area contributed by atoms with E-state index in [-0.39, 0.29) is 5.91 Å². The van der Waals surface area contributed by atoms with Crippen LogP contribution in [0.5, 0.6) is 0 Å². The molecule has 4 heteroatoms. The first-order valence-corrected chi connectivity index (χ1v) is 7.61. The highest BCUT2D eigenvalue weighted by atomic mass is 16.3. The third-order valence-corrected chi connectivity index (χ3v) is 3.81. The molecule has 1 heterocycles. The maximum atomic E-state index is 12.3. The highest BCUT2D eigenvalue weighted by molar-refractivity contribution is 5.78. The molecule has 1 saturated heterocycles. The summed E-state index contributed by atoms with van der Waals surface area (Å²) in [6, 6.07) is 8.14. The van der Waals surface area contributed by atoms with Crippen LogP contribution in [0.1, 0.15) is 25.0 Å². The summed E-state index contributed by atoms with van der Waals surface area (Å²) in [5.41, 5.74) is 1.62. The molecule has 0 radical (unpaired) electrons. The van der Waals surface area contributed by atoms with Gasteiger partial charge in [0.25, 0.3) is 0 Å². The van der Waals surface area contributed by atoms with Crippen molar-refractivity contribution in [3.63, 3.8) is 0 Å². The molecule has 0 saturated carbocycles. The van der Waals surface area contributed by atoms with Crippen molar-refractivity contribution in [2.45, 2.75) is 32.8 Å². The Morgan fingerprint density at radius 2 is 1.71 bits per heavy atom. The molecule has 1 amide bonds. The highest BCUT2D eigenvalue weighted by Gasteiger charge is 2.24. The van der Waals surface area contributed by atoms with Crippen LogP contribution in [-0.2, 0) is 11.2 Å². The van der Waals surface area contributed by atoms with E-state index in [2.05, 4.69) is 4.90 Å². The normalized spacial score (nSPS) is 17.0. The number of aliphatic hydroxyl groups is 1. The van der Waals surface area contributed by atoms with Crippen molar-refractivity contribution in [2.75, 3.05) is 32.7 Å². The largest absolute Gasteiger partial charge is 0.389 e. The van der Waals surface area contributed by atoms with Crippen LogP contribution in [0.2, 0.25) is 0 Å². The Labute approximate surface area is 127 Å². The lowest BCUT2D eigenvalue weighted by atomic mass is 10.1. The third-order valence-electron chi connectivity index (χ3n) is 3.81. The number of nitrogens with zero attached hydrogens (tertiary/aromatic N) is 2. The molecule has 1 aromatic carbocycles. The molecule has 0 aliphatic carbocycles. The molecule has 0 atom stereocenters. The minimum Gasteiger partial charge on any atom is -0.389 e. The van der Waals surface area contributed by atoms with Gasteiger partial charge in [-0.2, -0.15) is 0 Å². The Hall–Kier alpha value is -1.39. The van der Waals surface area contributed by atoms with Gasteiger partial charge in [0.15, 0.2) is 0 Å². The Kier molecular flexibility index (Phi) is 5.01. The summed E-state index contributed by atoms with van der Waals surface area (Å²) < 4.78 is 0. The molecule has 0 aromatic heterocycles. The van der Waals surface area contributed by atoms with E-state index in [1.165, 1.54) is 5.56 Å². The molecule has 1 fully saturated rings. The van der Waals surface area contributed by atoms with Crippen LogP contribution in [0.3, 0.4) is 0 Å². The zero-order valence-corrected chi connectivity index (χ0v) is 13.3. The number of aryl methyl sites for hydroxylation is 1. The molecule has 1 aliphatic rings. The predicted octanol–water partition coefficient (Wildman–Crippen LogP) is 1.45. The summed E-state index contributed by atoms with van der Waals surface area (Å²) in [5, 5.41) is 9.84. The molecule has 0 unspecified atom stereocenters. The summed E-state index contributed by atoms with van der Waals surface area (Å²) in [4.78, 5) is 16.5. The predicted molar refractivity (Wildman–Crippen MR) is 84.2 cm³/mol. The van der Waals surface area contributed by atoms with Crippen LogP contribution in [0, 0.1) is 6.92 Å². The Morgan fingerprint density at radius 3 is 2.24 bits per heavy atom. The number of amides is 1. The summed E-state index contributed by atoms with van der Waals surface area (Å²) in [6.45, 7) is 9.53. The number of rotatable bonds is 4. The second-order valence-corrected chi connectivity index (χ2v) is 6.63. The van der Waals surface area contributed by atoms with E-state index in [0.717, 1.165) is 31.7 Å². The van der Waals surface area contributed by atoms with Gasteiger partial charge >= 0.3 is 0 Å². The number of carbonyl (C=O) groups is 1. The molecule has 1 aliphatic heterocycles. The van der Waals surface area contributed by atoms with Gasteiger partial charge < -0.3 is 10.0 Å². The number of benzene rings is 1. The fraction of sp³-hybridized carbons (Fsp3) is 0.588. The second kappa shape index (κ2) is 6.58. The van der Waals surface area contributed by atoms with Crippen molar-refractivity contribution in [3.8, 4) is 0 Å². The standard InChI is InChI=1S/C17H26N2O2/c1-14-4-6-15(7-5-14)12-16(20)19-10-8-18(9-11-19)13-17(2,3)21/h4-7,21H,8-13H2,1-3H3. The van der Waals surface area contributed by atoms with Crippen LogP contribution in [0.4, 0.5) is 0 Å². The van der Waals surface area contributed by atoms with Crippen molar-refractivity contribution < 1.29 is 9.90 Å². The van der Waals surface area contributed by atoms with Crippen molar-refractivity contribution in [3.05, 3.63) is 35.4 Å². The van der Waals surface area contributed by atoms with E-state index in [4.69, 9.17) is 0 Å². The topological polar surface area (TPSA) is 43.8 Å². The SMILES string of the molecule is Cc1ccc(CC(=O)N2CCN(CC(C)(C)O)CC2)cc1. The van der Waals surface area contributed by atoms with E-state index in [1.54, 1.807) is 0 Å². The van der Waals surface area contributed by atoms with Crippen LogP contribution < -0.4 is 0 Å². The summed E-state index contributed by atoms with van der Waals surface area (Å²) in [6.07, 6.45) is 0.478. The number of β-amino-alcohol motifs (C(OH)–C–C–N with tert-alkyl or cyclic N) is 1. The van der Waals surface area contributed by atoms with Gasteiger partial charge in [0.1, 0.15) is 0 Å². The summed E-state index contributed by atoms with van der Waals surface area (Å²) >= 11 is 0. The molecule has 0 spiro atoms. The summed E-state index contributed by atoms with van der Waals surface area (Å²) in [5.74, 6) is 0.196. The smallest absolute Gasteiger partial charge is 0.227 e. The second-order valence-electron chi connectivity index (χ2n) is 6.63. The lowest BCUT2D eigenvalue weighted by Gasteiger charge is -2.37. The van der Waals surface area contributed by atoms with Crippen LogP contribution >= 0.6 is 0 Å². The highest BCUT2D eigenvalue weighted by Crippen LogP contribution is 2.11. The van der Waals surface area contributed by atoms with Crippen molar-refractivity contribution in [1.82, 2.24) is 9.80 Å². The lowest BCUT2D eigenvalue weighted by molar-refractivity contribution is -0.132. The summed E-state index contributed by atoms with van der Waals surface area (Å²) in [7, 11) is 0. The molecule has 0 bridgehead atoms. The lowest BCUT2D eigenvalue weighted by Crippen LogP contribution is -2.52. The Balaban J connectivity index is 1.81. The van der Waals surface area contributed by atoms with Gasteiger partial charge in [-0.05, 0) is 26.3 Å². The average molecular weight is 290 g/mol. The molecule has 1 N–H and O–H groups in total. The van der Waals surface area contributed by atoms with Gasteiger partial charge in [0, 0.05) is 32.7 Å². The first kappa shape index (κ1) is 16.0. The molecular weight excluding hydrogens is 264 g/mol. The van der Waals surface area contributed by atoms with Gasteiger partial charge in [-0.1, -0.05) is 29.8 Å². The maximum Gasteiger partial charge on any atom is 0.227 e. The molecule has 21 heavy (non-hydrogen) atoms. The van der Waals surface area contributed by atoms with Crippen molar-refractivity contribution >= 4 is 5.91 Å². The van der Waals surface area contributed by atoms with E-state index < -0.39 is 5.60 Å². The average Bonchev–Trinajstić information content (AvgIpc) is 2.40. The minimum absolute atomic E-state index is 0.196. The molecule has 4 nitrogen and oxygen atoms in total. The van der Waals surface area contributed by atoms with Crippen LogP contribution in [0.15, 0.2) is 24.3 Å². The minimum atomic E-state index is -0.673. The van der Waals surface area contributed by atoms with E-state index in [1.807, 2.05) is 49.9 Å². The molecule has 116 valence electrons. The molecule has 1 aromatic rings. The Bertz CT molecular complexity index is 469. The molecular formula is C17H26N2O2. The van der Waals surface area contributed by atoms with Gasteiger partial charge in [0.05, 0.1) is 12.0 Å². The van der Waals surface area contributed by atoms with E-state index in [0.29, 0.717) is 13.0 Å². The number of piperazine rings is 1. The van der Waals surface area contributed by atoms with E-state index >= 15 is 0 Å². The fourth-order valence-electron chi connectivity index (χ4n) is 2.69. The monoisotopic (exact) mass is 290 g/mol. The van der Waals surface area contributed by atoms with Crippen molar-refractivity contribution in [2.24, 2.45) is 0 Å². The van der Waals surface area contributed by atoms with Gasteiger partial charge in [-0.25, -0.2) is 0 Å². The van der Waals surface area contributed by atoms with Gasteiger partial charge in [-0.15, -0.1) is 0 Å². The number of hydrogen-bond donors (Lipinski definition) is 1. The fourth-order valence-corrected chi connectivity index (χ4v) is 2.69. The zero-order chi connectivity index (χ0) is 15.5. The third kappa shape index (κ3) is 5.14. The molecule has 2 rings (SSSR count). The van der Waals surface area contributed by atoms with Crippen LogP contribution in [0.25, 0.3) is 0 Å². The number of hydrogen-bond acceptors (Lipinski definition) is 3. The first-order chi connectivity index (χ1) is 9.83. The van der Waals surface area contributed by atoms with Gasteiger partial charge in [0.2, 0.25) is 5.91 Å². The Morgan fingerprint density at radius 1 is 1.14 bits per heavy atom. The van der Waals surface area contributed by atoms with E-state index in [9.17, 15) is 9.90 Å². The van der Waals surface area contributed by atoms with Crippen molar-refractivity contribution in [1.29, 1.82) is 0 Å². The van der Waals surface area contributed by atoms with Crippen LogP contribution in [-0.4, -0.2) is 59.1 Å². The van der Waals surface area contributed by atoms with Gasteiger partial charge in [-0.3, -0.25) is 9.69 Å². The quantitative estimate of drug-likeness (QED) is 0.913.